The molecule has 0 radical (unpaired) electrons. The van der Waals surface area contributed by atoms with Gasteiger partial charge in [-0.1, -0.05) is 5.21 Å². The fourth-order valence-electron chi connectivity index (χ4n) is 2.06. The van der Waals surface area contributed by atoms with Gasteiger partial charge in [0.25, 0.3) is 0 Å². The molecule has 0 aliphatic rings. The maximum atomic E-state index is 5.78. The quantitative estimate of drug-likeness (QED) is 0.799. The number of methoxy groups -OCH3 is 1. The summed E-state index contributed by atoms with van der Waals surface area (Å²) >= 11 is 1.53. The first-order valence-electron chi connectivity index (χ1n) is 6.44. The molecule has 0 aliphatic heterocycles. The third-order valence-electron chi connectivity index (χ3n) is 3.08. The highest BCUT2D eigenvalue weighted by atomic mass is 32.1. The molecule has 0 atom stereocenters. The summed E-state index contributed by atoms with van der Waals surface area (Å²) < 4.78 is 6.93. The Bertz CT molecular complexity index is 747. The summed E-state index contributed by atoms with van der Waals surface area (Å²) in [4.78, 5) is 4.46. The lowest BCUT2D eigenvalue weighted by Crippen LogP contribution is -2.02. The van der Waals surface area contributed by atoms with E-state index in [1.807, 2.05) is 36.6 Å². The van der Waals surface area contributed by atoms with Crippen LogP contribution in [0.4, 0.5) is 0 Å². The zero-order valence-electron chi connectivity index (χ0n) is 11.8. The molecule has 0 unspecified atom stereocenters. The topological polar surface area (TPSA) is 78.9 Å². The number of benzene rings is 1. The Morgan fingerprint density at radius 3 is 2.62 bits per heavy atom. The van der Waals surface area contributed by atoms with E-state index >= 15 is 0 Å². The molecule has 3 rings (SSSR count). The van der Waals surface area contributed by atoms with Crippen LogP contribution in [0.3, 0.4) is 0 Å². The number of ether oxygens (including phenoxy) is 1. The molecule has 21 heavy (non-hydrogen) atoms. The first-order chi connectivity index (χ1) is 10.2. The van der Waals surface area contributed by atoms with Crippen molar-refractivity contribution in [3.63, 3.8) is 0 Å². The molecule has 7 heteroatoms. The summed E-state index contributed by atoms with van der Waals surface area (Å²) in [5, 5.41) is 11.1. The number of thiazole rings is 1. The van der Waals surface area contributed by atoms with Gasteiger partial charge in [0.1, 0.15) is 17.1 Å². The normalized spacial score (nSPS) is 10.8. The highest BCUT2D eigenvalue weighted by Crippen LogP contribution is 2.28. The molecule has 0 saturated heterocycles. The minimum absolute atomic E-state index is 0.325. The zero-order chi connectivity index (χ0) is 14.8. The van der Waals surface area contributed by atoms with Crippen LogP contribution in [-0.4, -0.2) is 27.1 Å². The lowest BCUT2D eigenvalue weighted by molar-refractivity contribution is 0.415. The van der Waals surface area contributed by atoms with Gasteiger partial charge in [-0.3, -0.25) is 0 Å². The second kappa shape index (κ2) is 5.63. The molecule has 1 aromatic carbocycles. The second-order valence-corrected chi connectivity index (χ2v) is 5.34. The van der Waals surface area contributed by atoms with E-state index < -0.39 is 0 Å². The third kappa shape index (κ3) is 2.53. The maximum Gasteiger partial charge on any atom is 0.212 e. The van der Waals surface area contributed by atoms with E-state index in [0.717, 1.165) is 33.5 Å². The van der Waals surface area contributed by atoms with Crippen LogP contribution < -0.4 is 10.5 Å². The predicted octanol–water partition coefficient (Wildman–Crippen LogP) is 2.17. The van der Waals surface area contributed by atoms with Gasteiger partial charge in [0, 0.05) is 17.5 Å². The van der Waals surface area contributed by atoms with Crippen LogP contribution in [0, 0.1) is 6.92 Å². The SMILES string of the molecule is COc1ccc(-c2c(CN)nnn2-c2nc(C)cs2)cc1. The number of aryl methyl sites for hydroxylation is 1. The predicted molar refractivity (Wildman–Crippen MR) is 81.6 cm³/mol. The van der Waals surface area contributed by atoms with Gasteiger partial charge in [-0.2, -0.15) is 4.68 Å². The smallest absolute Gasteiger partial charge is 0.212 e. The molecule has 0 aliphatic carbocycles. The molecule has 2 N–H and O–H groups in total. The molecule has 0 amide bonds. The lowest BCUT2D eigenvalue weighted by Gasteiger charge is -2.06. The van der Waals surface area contributed by atoms with Crippen molar-refractivity contribution in [2.75, 3.05) is 7.11 Å². The monoisotopic (exact) mass is 301 g/mol. The molecule has 2 heterocycles. The summed E-state index contributed by atoms with van der Waals surface area (Å²) in [5.74, 6) is 0.803. The fraction of sp³-hybridized carbons (Fsp3) is 0.214. The molecule has 0 fully saturated rings. The molecule has 0 saturated carbocycles. The van der Waals surface area contributed by atoms with Gasteiger partial charge in [0.2, 0.25) is 5.13 Å². The van der Waals surface area contributed by atoms with Gasteiger partial charge in [0.05, 0.1) is 12.8 Å². The highest BCUT2D eigenvalue weighted by molar-refractivity contribution is 7.12. The Labute approximate surface area is 126 Å². The standard InChI is InChI=1S/C14H15N5OS/c1-9-8-21-14(16-9)19-13(12(7-15)17-18-19)10-3-5-11(20-2)6-4-10/h3-6,8H,7,15H2,1-2H3. The van der Waals surface area contributed by atoms with Crippen molar-refractivity contribution < 1.29 is 4.74 Å². The average Bonchev–Trinajstić information content (AvgIpc) is 3.13. The molecule has 2 aromatic heterocycles. The van der Waals surface area contributed by atoms with Crippen LogP contribution in [0.15, 0.2) is 29.6 Å². The van der Waals surface area contributed by atoms with Crippen LogP contribution in [-0.2, 0) is 6.54 Å². The first-order valence-corrected chi connectivity index (χ1v) is 7.32. The van der Waals surface area contributed by atoms with Gasteiger partial charge in [-0.25, -0.2) is 4.98 Å². The number of nitrogens with zero attached hydrogens (tertiary/aromatic N) is 4. The molecule has 0 bridgehead atoms. The second-order valence-electron chi connectivity index (χ2n) is 4.50. The third-order valence-corrected chi connectivity index (χ3v) is 4.02. The van der Waals surface area contributed by atoms with Crippen LogP contribution >= 0.6 is 11.3 Å². The Balaban J connectivity index is 2.13. The number of hydrogen-bond donors (Lipinski definition) is 1. The van der Waals surface area contributed by atoms with Crippen molar-refractivity contribution in [2.45, 2.75) is 13.5 Å². The van der Waals surface area contributed by atoms with Crippen LogP contribution in [0.25, 0.3) is 16.4 Å². The van der Waals surface area contributed by atoms with E-state index in [9.17, 15) is 0 Å². The molecule has 6 nitrogen and oxygen atoms in total. The number of hydrogen-bond acceptors (Lipinski definition) is 6. The minimum Gasteiger partial charge on any atom is -0.497 e. The van der Waals surface area contributed by atoms with E-state index in [4.69, 9.17) is 10.5 Å². The lowest BCUT2D eigenvalue weighted by atomic mass is 10.1. The highest BCUT2D eigenvalue weighted by Gasteiger charge is 2.17. The Morgan fingerprint density at radius 2 is 2.05 bits per heavy atom. The number of rotatable bonds is 4. The van der Waals surface area contributed by atoms with Crippen molar-refractivity contribution in [3.05, 3.63) is 41.0 Å². The maximum absolute atomic E-state index is 5.78. The van der Waals surface area contributed by atoms with E-state index in [-0.39, 0.29) is 0 Å². The molecule has 108 valence electrons. The van der Waals surface area contributed by atoms with Crippen molar-refractivity contribution in [2.24, 2.45) is 5.73 Å². The Kier molecular flexibility index (Phi) is 3.68. The first kappa shape index (κ1) is 13.7. The number of nitrogens with two attached hydrogens (primary N) is 1. The van der Waals surface area contributed by atoms with Gasteiger partial charge >= 0.3 is 0 Å². The molecular weight excluding hydrogens is 286 g/mol. The van der Waals surface area contributed by atoms with Crippen molar-refractivity contribution in [3.8, 4) is 22.1 Å². The summed E-state index contributed by atoms with van der Waals surface area (Å²) in [6.07, 6.45) is 0. The largest absolute Gasteiger partial charge is 0.497 e. The number of aromatic nitrogens is 4. The van der Waals surface area contributed by atoms with Gasteiger partial charge in [-0.05, 0) is 31.2 Å². The fourth-order valence-corrected chi connectivity index (χ4v) is 2.81. The van der Waals surface area contributed by atoms with E-state index in [1.165, 1.54) is 11.3 Å². The van der Waals surface area contributed by atoms with Crippen molar-refractivity contribution >= 4 is 11.3 Å². The summed E-state index contributed by atoms with van der Waals surface area (Å²) in [6.45, 7) is 2.28. The van der Waals surface area contributed by atoms with E-state index in [2.05, 4.69) is 15.3 Å². The molecule has 3 aromatic rings. The molecule has 0 spiro atoms. The Morgan fingerprint density at radius 1 is 1.29 bits per heavy atom. The average molecular weight is 301 g/mol. The van der Waals surface area contributed by atoms with Crippen molar-refractivity contribution in [1.82, 2.24) is 20.0 Å². The van der Waals surface area contributed by atoms with Gasteiger partial charge in [-0.15, -0.1) is 16.4 Å². The van der Waals surface area contributed by atoms with Crippen LogP contribution in [0.5, 0.6) is 5.75 Å². The molecular formula is C14H15N5OS. The van der Waals surface area contributed by atoms with Crippen molar-refractivity contribution in [1.29, 1.82) is 0 Å². The zero-order valence-corrected chi connectivity index (χ0v) is 12.6. The Hall–Kier alpha value is -2.25. The van der Waals surface area contributed by atoms with Crippen LogP contribution in [0.2, 0.25) is 0 Å². The minimum atomic E-state index is 0.325. The van der Waals surface area contributed by atoms with Crippen LogP contribution in [0.1, 0.15) is 11.4 Å². The summed E-state index contributed by atoms with van der Waals surface area (Å²) in [5.41, 5.74) is 9.34. The summed E-state index contributed by atoms with van der Waals surface area (Å²) in [6, 6.07) is 7.74. The summed E-state index contributed by atoms with van der Waals surface area (Å²) in [7, 11) is 1.64. The van der Waals surface area contributed by atoms with Gasteiger partial charge in [0.15, 0.2) is 0 Å². The van der Waals surface area contributed by atoms with Gasteiger partial charge < -0.3 is 10.5 Å². The van der Waals surface area contributed by atoms with E-state index in [1.54, 1.807) is 11.8 Å². The van der Waals surface area contributed by atoms with E-state index in [0.29, 0.717) is 6.54 Å².